The van der Waals surface area contributed by atoms with Crippen molar-refractivity contribution in [3.05, 3.63) is 71.1 Å². The summed E-state index contributed by atoms with van der Waals surface area (Å²) in [6.45, 7) is 4.02. The molecule has 1 saturated heterocycles. The number of hydrogen-bond acceptors (Lipinski definition) is 7. The minimum atomic E-state index is -1.20. The van der Waals surface area contributed by atoms with Crippen LogP contribution in [0.2, 0.25) is 5.02 Å². The number of imidazole rings is 1. The van der Waals surface area contributed by atoms with Gasteiger partial charge in [-0.05, 0) is 30.3 Å². The molecule has 0 bridgehead atoms. The first-order chi connectivity index (χ1) is 20.1. The number of carbonyl (C=O) groups is 1. The number of halogens is 3. The molecule has 1 N–H and O–H groups in total. The van der Waals surface area contributed by atoms with E-state index in [2.05, 4.69) is 34.3 Å². The molecule has 42 heavy (non-hydrogen) atoms. The molecule has 1 aliphatic heterocycles. The predicted molar refractivity (Wildman–Crippen MR) is 155 cm³/mol. The molecule has 10 nitrogen and oxygen atoms in total. The van der Waals surface area contributed by atoms with E-state index in [-0.39, 0.29) is 27.9 Å². The normalized spacial score (nSPS) is 14.6. The number of rotatable bonds is 9. The van der Waals surface area contributed by atoms with Crippen LogP contribution in [0.4, 0.5) is 20.3 Å². The van der Waals surface area contributed by atoms with Gasteiger partial charge in [0.2, 0.25) is 5.82 Å². The summed E-state index contributed by atoms with van der Waals surface area (Å²) >= 11 is 6.53. The molecule has 1 amide bonds. The molecule has 13 heteroatoms. The zero-order valence-electron chi connectivity index (χ0n) is 23.4. The number of fused-ring (bicyclic) bond motifs is 1. The van der Waals surface area contributed by atoms with Crippen molar-refractivity contribution in [3.8, 4) is 23.1 Å². The standard InChI is InChI=1S/C29H29ClF2N8O2/c1-37(11-12-38-13-14-40(2,3)18-38)29(41)20-5-4-19(16-22(20)30)36-27-28-35-17-23(39(28)10-9-34-27)21-6-7-24(42-15-8-33)26(32)25(21)31/h4-7,9-10,16-17H,11-15,18H2,1-3H3/p+1. The van der Waals surface area contributed by atoms with Crippen LogP contribution < -0.4 is 10.1 Å². The summed E-state index contributed by atoms with van der Waals surface area (Å²) in [7, 11) is 6.16. The van der Waals surface area contributed by atoms with Crippen LogP contribution in [-0.2, 0) is 0 Å². The molecule has 1 fully saturated rings. The monoisotopic (exact) mass is 595 g/mol. The highest BCUT2D eigenvalue weighted by Crippen LogP contribution is 2.32. The van der Waals surface area contributed by atoms with Crippen molar-refractivity contribution in [2.45, 2.75) is 0 Å². The Morgan fingerprint density at radius 1 is 1.24 bits per heavy atom. The molecular formula is C29H30ClF2N8O2+. The number of quaternary nitrogens is 1. The van der Waals surface area contributed by atoms with Crippen molar-refractivity contribution in [2.24, 2.45) is 0 Å². The lowest BCUT2D eigenvalue weighted by Gasteiger charge is -2.25. The Balaban J connectivity index is 1.31. The maximum absolute atomic E-state index is 14.9. The van der Waals surface area contributed by atoms with Crippen molar-refractivity contribution in [2.75, 3.05) is 65.9 Å². The van der Waals surface area contributed by atoms with Crippen LogP contribution in [0, 0.1) is 23.0 Å². The number of nitriles is 1. The largest absolute Gasteiger partial charge is 0.476 e. The number of likely N-dealkylation sites (N-methyl/N-ethyl adjacent to an activating group) is 2. The highest BCUT2D eigenvalue weighted by Gasteiger charge is 2.28. The van der Waals surface area contributed by atoms with E-state index in [1.165, 1.54) is 24.5 Å². The van der Waals surface area contributed by atoms with Gasteiger partial charge in [0.25, 0.3) is 5.91 Å². The summed E-state index contributed by atoms with van der Waals surface area (Å²) in [5, 5.41) is 12.1. The van der Waals surface area contributed by atoms with Gasteiger partial charge >= 0.3 is 0 Å². The highest BCUT2D eigenvalue weighted by molar-refractivity contribution is 6.34. The third-order valence-corrected chi connectivity index (χ3v) is 7.52. The molecule has 3 heterocycles. The molecule has 2 aromatic heterocycles. The summed E-state index contributed by atoms with van der Waals surface area (Å²) < 4.78 is 36.9. The Morgan fingerprint density at radius 3 is 2.76 bits per heavy atom. The molecule has 0 spiro atoms. The predicted octanol–water partition coefficient (Wildman–Crippen LogP) is 4.40. The molecule has 0 unspecified atom stereocenters. The van der Waals surface area contributed by atoms with Gasteiger partial charge in [-0.2, -0.15) is 9.65 Å². The van der Waals surface area contributed by atoms with Gasteiger partial charge in [0.05, 0.1) is 49.7 Å². The molecule has 0 atom stereocenters. The van der Waals surface area contributed by atoms with Crippen molar-refractivity contribution in [1.29, 1.82) is 5.26 Å². The topological polar surface area (TPSA) is 98.8 Å². The van der Waals surface area contributed by atoms with Gasteiger partial charge in [-0.1, -0.05) is 11.6 Å². The molecule has 0 saturated carbocycles. The third kappa shape index (κ3) is 5.99. The van der Waals surface area contributed by atoms with Gasteiger partial charge in [0.1, 0.15) is 12.7 Å². The molecular weight excluding hydrogens is 566 g/mol. The van der Waals surface area contributed by atoms with E-state index in [1.54, 1.807) is 46.8 Å². The maximum atomic E-state index is 14.9. The Morgan fingerprint density at radius 2 is 2.05 bits per heavy atom. The van der Waals surface area contributed by atoms with Crippen LogP contribution in [-0.4, -0.2) is 95.2 Å². The number of nitrogens with zero attached hydrogens (tertiary/aromatic N) is 7. The number of hydrogen-bond donors (Lipinski definition) is 1. The first-order valence-electron chi connectivity index (χ1n) is 13.2. The maximum Gasteiger partial charge on any atom is 0.255 e. The Labute approximate surface area is 246 Å². The van der Waals surface area contributed by atoms with Gasteiger partial charge in [-0.15, -0.1) is 0 Å². The fraction of sp³-hybridized carbons (Fsp3) is 0.310. The molecule has 5 rings (SSSR count). The number of ether oxygens (including phenoxy) is 1. The fourth-order valence-corrected chi connectivity index (χ4v) is 5.20. The summed E-state index contributed by atoms with van der Waals surface area (Å²) in [6.07, 6.45) is 4.48. The quantitative estimate of drug-likeness (QED) is 0.287. The second kappa shape index (κ2) is 11.9. The highest BCUT2D eigenvalue weighted by atomic mass is 35.5. The van der Waals surface area contributed by atoms with Gasteiger partial charge in [-0.3, -0.25) is 9.20 Å². The molecule has 4 aromatic rings. The number of benzene rings is 2. The number of aromatic nitrogens is 3. The first kappa shape index (κ1) is 29.2. The van der Waals surface area contributed by atoms with Gasteiger partial charge in [0, 0.05) is 43.8 Å². The first-order valence-corrected chi connectivity index (χ1v) is 13.6. The van der Waals surface area contributed by atoms with E-state index in [4.69, 9.17) is 21.6 Å². The number of carbonyl (C=O) groups excluding carboxylic acids is 1. The molecule has 218 valence electrons. The fourth-order valence-electron chi connectivity index (χ4n) is 4.94. The van der Waals surface area contributed by atoms with E-state index in [0.717, 1.165) is 30.8 Å². The summed E-state index contributed by atoms with van der Waals surface area (Å²) in [6, 6.07) is 9.35. The zero-order valence-corrected chi connectivity index (χ0v) is 24.2. The second-order valence-corrected chi connectivity index (χ2v) is 11.2. The molecule has 2 aromatic carbocycles. The summed E-state index contributed by atoms with van der Waals surface area (Å²) in [4.78, 5) is 25.8. The Bertz CT molecular complexity index is 1690. The van der Waals surface area contributed by atoms with Crippen LogP contribution in [0.15, 0.2) is 48.9 Å². The van der Waals surface area contributed by atoms with E-state index in [9.17, 15) is 13.6 Å². The average molecular weight is 596 g/mol. The summed E-state index contributed by atoms with van der Waals surface area (Å²) in [5.74, 6) is -2.50. The second-order valence-electron chi connectivity index (χ2n) is 10.8. The van der Waals surface area contributed by atoms with Crippen molar-refractivity contribution >= 4 is 34.7 Å². The van der Waals surface area contributed by atoms with Crippen LogP contribution in [0.1, 0.15) is 10.4 Å². The Kier molecular flexibility index (Phi) is 8.27. The number of nitrogens with one attached hydrogen (secondary N) is 1. The van der Waals surface area contributed by atoms with E-state index in [1.807, 2.05) is 0 Å². The van der Waals surface area contributed by atoms with E-state index < -0.39 is 18.2 Å². The van der Waals surface area contributed by atoms with Crippen molar-refractivity contribution < 1.29 is 22.8 Å². The van der Waals surface area contributed by atoms with Crippen LogP contribution in [0.5, 0.6) is 5.75 Å². The molecule has 1 aliphatic rings. The smallest absolute Gasteiger partial charge is 0.255 e. The summed E-state index contributed by atoms with van der Waals surface area (Å²) in [5.41, 5.74) is 1.56. The van der Waals surface area contributed by atoms with Crippen LogP contribution >= 0.6 is 11.6 Å². The zero-order chi connectivity index (χ0) is 30.0. The van der Waals surface area contributed by atoms with Crippen LogP contribution in [0.25, 0.3) is 16.9 Å². The average Bonchev–Trinajstić information content (AvgIpc) is 3.55. The van der Waals surface area contributed by atoms with Gasteiger partial charge in [-0.25, -0.2) is 19.3 Å². The van der Waals surface area contributed by atoms with Gasteiger partial charge < -0.3 is 19.4 Å². The van der Waals surface area contributed by atoms with E-state index in [0.29, 0.717) is 29.3 Å². The number of anilines is 2. The third-order valence-electron chi connectivity index (χ3n) is 7.21. The van der Waals surface area contributed by atoms with Crippen molar-refractivity contribution in [1.82, 2.24) is 24.2 Å². The minimum Gasteiger partial charge on any atom is -0.476 e. The van der Waals surface area contributed by atoms with Crippen molar-refractivity contribution in [3.63, 3.8) is 0 Å². The molecule has 0 aliphatic carbocycles. The number of amides is 1. The lowest BCUT2D eigenvalue weighted by atomic mass is 10.1. The lowest BCUT2D eigenvalue weighted by Crippen LogP contribution is -2.40. The minimum absolute atomic E-state index is 0.0380. The van der Waals surface area contributed by atoms with E-state index >= 15 is 0 Å². The Hall–Kier alpha value is -4.31. The lowest BCUT2D eigenvalue weighted by molar-refractivity contribution is -0.882. The van der Waals surface area contributed by atoms with Crippen LogP contribution in [0.3, 0.4) is 0 Å². The van der Waals surface area contributed by atoms with Gasteiger partial charge in [0.15, 0.2) is 29.6 Å². The molecule has 0 radical (unpaired) electrons. The SMILES string of the molecule is CN(CCN1CC[N+](C)(C)C1)C(=O)c1ccc(Nc2nccn3c(-c4ccc(OCC#N)c(F)c4F)cnc23)cc1Cl.